The third-order valence-corrected chi connectivity index (χ3v) is 5.15. The number of para-hydroxylation sites is 1. The molecule has 134 valence electrons. The van der Waals surface area contributed by atoms with Crippen LogP contribution in [0.15, 0.2) is 48.5 Å². The van der Waals surface area contributed by atoms with Crippen LogP contribution in [0.5, 0.6) is 5.75 Å². The SMILES string of the molecule is CC(C)(C)c1cccc2c1OC(c1ccccc1)C(O)C2C(C)(C)C. The quantitative estimate of drug-likeness (QED) is 0.732. The van der Waals surface area contributed by atoms with Gasteiger partial charge in [0.15, 0.2) is 6.10 Å². The van der Waals surface area contributed by atoms with E-state index in [1.807, 2.05) is 30.3 Å². The van der Waals surface area contributed by atoms with Crippen molar-refractivity contribution in [3.8, 4) is 5.75 Å². The normalized spacial score (nSPS) is 23.7. The lowest BCUT2D eigenvalue weighted by Crippen LogP contribution is -2.41. The van der Waals surface area contributed by atoms with Crippen LogP contribution in [0.2, 0.25) is 0 Å². The van der Waals surface area contributed by atoms with Gasteiger partial charge in [0, 0.05) is 11.5 Å². The molecule has 1 heterocycles. The Morgan fingerprint density at radius 2 is 1.48 bits per heavy atom. The molecule has 1 aliphatic rings. The first-order chi connectivity index (χ1) is 11.6. The Morgan fingerprint density at radius 3 is 2.04 bits per heavy atom. The van der Waals surface area contributed by atoms with Crippen molar-refractivity contribution in [1.29, 1.82) is 0 Å². The van der Waals surface area contributed by atoms with Crippen LogP contribution in [0.1, 0.15) is 70.3 Å². The van der Waals surface area contributed by atoms with E-state index in [1.54, 1.807) is 0 Å². The van der Waals surface area contributed by atoms with Crippen LogP contribution in [0.3, 0.4) is 0 Å². The molecule has 1 aliphatic heterocycles. The number of ether oxygens (including phenoxy) is 1. The smallest absolute Gasteiger partial charge is 0.150 e. The average Bonchev–Trinajstić information content (AvgIpc) is 2.52. The number of hydrogen-bond acceptors (Lipinski definition) is 2. The molecule has 1 N–H and O–H groups in total. The summed E-state index contributed by atoms with van der Waals surface area (Å²) in [6, 6.07) is 16.4. The first-order valence-electron chi connectivity index (χ1n) is 9.14. The Kier molecular flexibility index (Phi) is 4.45. The van der Waals surface area contributed by atoms with Crippen LogP contribution in [-0.4, -0.2) is 11.2 Å². The molecule has 0 spiro atoms. The van der Waals surface area contributed by atoms with Gasteiger partial charge in [0.2, 0.25) is 0 Å². The van der Waals surface area contributed by atoms with Gasteiger partial charge in [0.05, 0.1) is 0 Å². The second-order valence-electron chi connectivity index (χ2n) is 9.26. The van der Waals surface area contributed by atoms with Gasteiger partial charge >= 0.3 is 0 Å². The summed E-state index contributed by atoms with van der Waals surface area (Å²) >= 11 is 0. The summed E-state index contributed by atoms with van der Waals surface area (Å²) < 4.78 is 6.46. The van der Waals surface area contributed by atoms with Crippen LogP contribution in [0.4, 0.5) is 0 Å². The summed E-state index contributed by atoms with van der Waals surface area (Å²) in [5, 5.41) is 11.2. The minimum absolute atomic E-state index is 0.0166. The van der Waals surface area contributed by atoms with Crippen molar-refractivity contribution in [2.45, 2.75) is 65.1 Å². The lowest BCUT2D eigenvalue weighted by molar-refractivity contribution is -0.0282. The summed E-state index contributed by atoms with van der Waals surface area (Å²) in [6.07, 6.45) is -0.924. The van der Waals surface area contributed by atoms with Crippen molar-refractivity contribution in [2.75, 3.05) is 0 Å². The van der Waals surface area contributed by atoms with E-state index in [1.165, 1.54) is 5.56 Å². The summed E-state index contributed by atoms with van der Waals surface area (Å²) in [7, 11) is 0. The highest BCUT2D eigenvalue weighted by Crippen LogP contribution is 2.52. The van der Waals surface area contributed by atoms with E-state index in [0.29, 0.717) is 0 Å². The molecule has 3 unspecified atom stereocenters. The van der Waals surface area contributed by atoms with Crippen molar-refractivity contribution < 1.29 is 9.84 Å². The molecule has 2 nitrogen and oxygen atoms in total. The van der Waals surface area contributed by atoms with E-state index in [-0.39, 0.29) is 22.9 Å². The molecule has 25 heavy (non-hydrogen) atoms. The molecule has 0 bridgehead atoms. The fraction of sp³-hybridized carbons (Fsp3) is 0.478. The molecular weight excluding hydrogens is 308 g/mol. The van der Waals surface area contributed by atoms with Crippen molar-refractivity contribution in [1.82, 2.24) is 0 Å². The van der Waals surface area contributed by atoms with Gasteiger partial charge in [-0.2, -0.15) is 0 Å². The van der Waals surface area contributed by atoms with Crippen molar-refractivity contribution >= 4 is 0 Å². The Bertz CT molecular complexity index is 735. The van der Waals surface area contributed by atoms with Crippen LogP contribution in [0, 0.1) is 5.41 Å². The average molecular weight is 338 g/mol. The van der Waals surface area contributed by atoms with Crippen molar-refractivity contribution in [3.63, 3.8) is 0 Å². The molecular formula is C23H30O2. The Hall–Kier alpha value is -1.80. The molecule has 0 aromatic heterocycles. The standard InChI is InChI=1S/C23H30O2/c1-22(2,3)17-14-10-13-16-18(23(4,5)6)19(24)20(25-21(16)17)15-11-8-7-9-12-15/h7-14,18-20,24H,1-6H3. The van der Waals surface area contributed by atoms with E-state index in [9.17, 15) is 5.11 Å². The first-order valence-corrected chi connectivity index (χ1v) is 9.14. The molecule has 0 radical (unpaired) electrons. The minimum atomic E-state index is -0.579. The van der Waals surface area contributed by atoms with Crippen LogP contribution < -0.4 is 4.74 Å². The van der Waals surface area contributed by atoms with Gasteiger partial charge in [0.25, 0.3) is 0 Å². The second kappa shape index (κ2) is 6.17. The zero-order valence-corrected chi connectivity index (χ0v) is 16.2. The molecule has 2 heteroatoms. The topological polar surface area (TPSA) is 29.5 Å². The fourth-order valence-corrected chi connectivity index (χ4v) is 3.96. The number of hydrogen-bond donors (Lipinski definition) is 1. The van der Waals surface area contributed by atoms with E-state index in [2.05, 4.69) is 59.7 Å². The molecule has 0 saturated heterocycles. The Labute approximate surface area is 151 Å². The summed E-state index contributed by atoms with van der Waals surface area (Å²) in [6.45, 7) is 13.2. The molecule has 0 saturated carbocycles. The molecule has 2 aromatic rings. The Balaban J connectivity index is 2.20. The van der Waals surface area contributed by atoms with Crippen molar-refractivity contribution in [3.05, 3.63) is 65.2 Å². The third-order valence-electron chi connectivity index (χ3n) is 5.15. The van der Waals surface area contributed by atoms with Crippen LogP contribution in [-0.2, 0) is 5.41 Å². The molecule has 0 aliphatic carbocycles. The van der Waals surface area contributed by atoms with E-state index in [4.69, 9.17) is 4.74 Å². The second-order valence-corrected chi connectivity index (χ2v) is 9.26. The molecule has 0 fully saturated rings. The van der Waals surface area contributed by atoms with Crippen LogP contribution in [0.25, 0.3) is 0 Å². The fourth-order valence-electron chi connectivity index (χ4n) is 3.96. The number of rotatable bonds is 1. The summed E-state index contributed by atoms with van der Waals surface area (Å²) in [5.74, 6) is 0.970. The summed E-state index contributed by atoms with van der Waals surface area (Å²) in [4.78, 5) is 0. The largest absolute Gasteiger partial charge is 0.482 e. The van der Waals surface area contributed by atoms with Gasteiger partial charge in [-0.05, 0) is 22.0 Å². The third kappa shape index (κ3) is 3.32. The van der Waals surface area contributed by atoms with E-state index < -0.39 is 6.10 Å². The highest BCUT2D eigenvalue weighted by molar-refractivity contribution is 5.50. The molecule has 3 rings (SSSR count). The number of fused-ring (bicyclic) bond motifs is 1. The minimum Gasteiger partial charge on any atom is -0.482 e. The highest BCUT2D eigenvalue weighted by Gasteiger charge is 2.45. The Morgan fingerprint density at radius 1 is 0.840 bits per heavy atom. The highest BCUT2D eigenvalue weighted by atomic mass is 16.5. The zero-order valence-electron chi connectivity index (χ0n) is 16.2. The number of aliphatic hydroxyl groups is 1. The van der Waals surface area contributed by atoms with Gasteiger partial charge in [-0.25, -0.2) is 0 Å². The monoisotopic (exact) mass is 338 g/mol. The van der Waals surface area contributed by atoms with Gasteiger partial charge in [-0.3, -0.25) is 0 Å². The number of aliphatic hydroxyl groups excluding tert-OH is 1. The maximum absolute atomic E-state index is 11.2. The maximum Gasteiger partial charge on any atom is 0.150 e. The maximum atomic E-state index is 11.2. The van der Waals surface area contributed by atoms with E-state index >= 15 is 0 Å². The predicted octanol–water partition coefficient (Wildman–Crippen LogP) is 5.61. The van der Waals surface area contributed by atoms with Gasteiger partial charge in [0.1, 0.15) is 11.9 Å². The zero-order chi connectivity index (χ0) is 18.4. The lowest BCUT2D eigenvalue weighted by atomic mass is 9.68. The van der Waals surface area contributed by atoms with E-state index in [0.717, 1.165) is 16.9 Å². The molecule has 2 aromatic carbocycles. The van der Waals surface area contributed by atoms with Gasteiger partial charge in [-0.1, -0.05) is 90.1 Å². The lowest BCUT2D eigenvalue weighted by Gasteiger charge is -2.44. The first kappa shape index (κ1) is 18.0. The molecule has 0 amide bonds. The predicted molar refractivity (Wildman–Crippen MR) is 103 cm³/mol. The van der Waals surface area contributed by atoms with Gasteiger partial charge < -0.3 is 9.84 Å². The number of benzene rings is 2. The molecule has 3 atom stereocenters. The van der Waals surface area contributed by atoms with Crippen LogP contribution >= 0.6 is 0 Å². The van der Waals surface area contributed by atoms with Crippen molar-refractivity contribution in [2.24, 2.45) is 5.41 Å². The summed E-state index contributed by atoms with van der Waals surface area (Å²) in [5.41, 5.74) is 3.27. The van der Waals surface area contributed by atoms with Gasteiger partial charge in [-0.15, -0.1) is 0 Å².